The average molecular weight is 429 g/mol. The van der Waals surface area contributed by atoms with E-state index in [0.29, 0.717) is 35.0 Å². The highest BCUT2D eigenvalue weighted by atomic mass is 35.5. The molecule has 2 aromatic rings. The highest BCUT2D eigenvalue weighted by Crippen LogP contribution is 2.24. The summed E-state index contributed by atoms with van der Waals surface area (Å²) >= 11 is 5.85. The second-order valence-corrected chi connectivity index (χ2v) is 7.71. The van der Waals surface area contributed by atoms with Gasteiger partial charge in [-0.25, -0.2) is 0 Å². The number of carbonyl (C=O) groups is 3. The summed E-state index contributed by atoms with van der Waals surface area (Å²) < 4.78 is 5.46. The summed E-state index contributed by atoms with van der Waals surface area (Å²) in [5.74, 6) is 0.305. The van der Waals surface area contributed by atoms with Crippen LogP contribution < -0.4 is 15.4 Å². The lowest BCUT2D eigenvalue weighted by atomic mass is 10.0. The smallest absolute Gasteiger partial charge is 0.258 e. The van der Waals surface area contributed by atoms with Gasteiger partial charge in [-0.2, -0.15) is 0 Å². The number of amides is 2. The van der Waals surface area contributed by atoms with Crippen molar-refractivity contribution in [3.8, 4) is 5.75 Å². The van der Waals surface area contributed by atoms with E-state index in [1.165, 1.54) is 0 Å². The number of hydrogen-bond donors (Lipinski definition) is 2. The second-order valence-electron chi connectivity index (χ2n) is 7.27. The average Bonchev–Trinajstić information content (AvgIpc) is 3.31. The molecule has 0 heterocycles. The van der Waals surface area contributed by atoms with E-state index < -0.39 is 0 Å². The van der Waals surface area contributed by atoms with E-state index in [2.05, 4.69) is 10.6 Å². The predicted octanol–water partition coefficient (Wildman–Crippen LogP) is 3.37. The first kappa shape index (κ1) is 21.8. The SMILES string of the molecule is O=C(COc1ccc(C(=O)c2ccc(Cl)cc2)cc1)NCCNC(=O)C1CCCC1. The Hall–Kier alpha value is -2.86. The third-order valence-corrected chi connectivity index (χ3v) is 5.32. The fourth-order valence-electron chi connectivity index (χ4n) is 3.39. The number of ether oxygens (including phenoxy) is 1. The van der Waals surface area contributed by atoms with E-state index in [9.17, 15) is 14.4 Å². The molecule has 0 atom stereocenters. The van der Waals surface area contributed by atoms with Crippen LogP contribution in [-0.2, 0) is 9.59 Å². The highest BCUT2D eigenvalue weighted by Gasteiger charge is 2.21. The first-order chi connectivity index (χ1) is 14.5. The van der Waals surface area contributed by atoms with Crippen LogP contribution in [0.4, 0.5) is 0 Å². The largest absolute Gasteiger partial charge is 0.484 e. The normalized spacial score (nSPS) is 13.6. The maximum atomic E-state index is 12.4. The third-order valence-electron chi connectivity index (χ3n) is 5.07. The summed E-state index contributed by atoms with van der Waals surface area (Å²) in [5, 5.41) is 6.14. The minimum Gasteiger partial charge on any atom is -0.484 e. The summed E-state index contributed by atoms with van der Waals surface area (Å²) in [6.07, 6.45) is 4.14. The zero-order valence-electron chi connectivity index (χ0n) is 16.7. The standard InChI is InChI=1S/C23H25ClN2O4/c24-19-9-5-16(6-10-19)22(28)17-7-11-20(12-8-17)30-15-21(27)25-13-14-26-23(29)18-3-1-2-4-18/h5-12,18H,1-4,13-15H2,(H,25,27)(H,26,29). The Morgan fingerprint density at radius 2 is 1.43 bits per heavy atom. The van der Waals surface area contributed by atoms with Crippen LogP contribution in [0.3, 0.4) is 0 Å². The summed E-state index contributed by atoms with van der Waals surface area (Å²) in [5.41, 5.74) is 1.07. The zero-order valence-corrected chi connectivity index (χ0v) is 17.4. The highest BCUT2D eigenvalue weighted by molar-refractivity contribution is 6.30. The Morgan fingerprint density at radius 3 is 2.07 bits per heavy atom. The van der Waals surface area contributed by atoms with Crippen molar-refractivity contribution < 1.29 is 19.1 Å². The van der Waals surface area contributed by atoms with Crippen LogP contribution in [0, 0.1) is 5.92 Å². The molecule has 0 aromatic heterocycles. The van der Waals surface area contributed by atoms with Crippen molar-refractivity contribution in [3.63, 3.8) is 0 Å². The van der Waals surface area contributed by atoms with Crippen molar-refractivity contribution in [1.82, 2.24) is 10.6 Å². The van der Waals surface area contributed by atoms with Gasteiger partial charge in [-0.3, -0.25) is 14.4 Å². The van der Waals surface area contributed by atoms with E-state index in [1.54, 1.807) is 48.5 Å². The number of ketones is 1. The van der Waals surface area contributed by atoms with Crippen LogP contribution in [0.25, 0.3) is 0 Å². The molecule has 1 aliphatic carbocycles. The number of benzene rings is 2. The summed E-state index contributed by atoms with van der Waals surface area (Å²) in [6, 6.07) is 13.3. The van der Waals surface area contributed by atoms with Crippen LogP contribution >= 0.6 is 11.6 Å². The van der Waals surface area contributed by atoms with Gasteiger partial charge in [0.2, 0.25) is 5.91 Å². The van der Waals surface area contributed by atoms with Crippen LogP contribution in [0.5, 0.6) is 5.75 Å². The van der Waals surface area contributed by atoms with Gasteiger partial charge < -0.3 is 15.4 Å². The maximum Gasteiger partial charge on any atom is 0.258 e. The molecule has 1 aliphatic rings. The van der Waals surface area contributed by atoms with Crippen LogP contribution in [-0.4, -0.2) is 37.3 Å². The Labute approximate surface area is 180 Å². The molecule has 0 radical (unpaired) electrons. The van der Waals surface area contributed by atoms with Gasteiger partial charge in [0.05, 0.1) is 0 Å². The summed E-state index contributed by atoms with van der Waals surface area (Å²) in [4.78, 5) is 36.2. The Balaban J connectivity index is 1.37. The Bertz CT molecular complexity index is 875. The molecule has 6 nitrogen and oxygen atoms in total. The molecule has 0 bridgehead atoms. The lowest BCUT2D eigenvalue weighted by molar-refractivity contribution is -0.125. The molecule has 0 spiro atoms. The van der Waals surface area contributed by atoms with Gasteiger partial charge in [0.15, 0.2) is 12.4 Å². The third kappa shape index (κ3) is 6.32. The number of carbonyl (C=O) groups excluding carboxylic acids is 3. The molecule has 7 heteroatoms. The van der Waals surface area contributed by atoms with E-state index in [-0.39, 0.29) is 30.1 Å². The predicted molar refractivity (Wildman–Crippen MR) is 115 cm³/mol. The fourth-order valence-corrected chi connectivity index (χ4v) is 3.52. The van der Waals surface area contributed by atoms with Crippen LogP contribution in [0.2, 0.25) is 5.02 Å². The maximum absolute atomic E-state index is 12.4. The number of rotatable bonds is 9. The Kier molecular flexibility index (Phi) is 7.85. The molecular formula is C23H25ClN2O4. The molecule has 2 amide bonds. The topological polar surface area (TPSA) is 84.5 Å². The second kappa shape index (κ2) is 10.8. The van der Waals surface area contributed by atoms with Crippen LogP contribution in [0.1, 0.15) is 41.6 Å². The zero-order chi connectivity index (χ0) is 21.3. The van der Waals surface area contributed by atoms with Gasteiger partial charge in [0, 0.05) is 35.2 Å². The van der Waals surface area contributed by atoms with Crippen molar-refractivity contribution in [3.05, 3.63) is 64.7 Å². The molecule has 0 aliphatic heterocycles. The first-order valence-electron chi connectivity index (χ1n) is 10.1. The molecule has 2 N–H and O–H groups in total. The van der Waals surface area contributed by atoms with Crippen molar-refractivity contribution in [2.45, 2.75) is 25.7 Å². The van der Waals surface area contributed by atoms with E-state index in [1.807, 2.05) is 0 Å². The van der Waals surface area contributed by atoms with Gasteiger partial charge in [0.25, 0.3) is 5.91 Å². The molecule has 30 heavy (non-hydrogen) atoms. The van der Waals surface area contributed by atoms with Crippen molar-refractivity contribution in [2.24, 2.45) is 5.92 Å². The van der Waals surface area contributed by atoms with Gasteiger partial charge >= 0.3 is 0 Å². The van der Waals surface area contributed by atoms with E-state index >= 15 is 0 Å². The molecule has 0 unspecified atom stereocenters. The number of hydrogen-bond acceptors (Lipinski definition) is 4. The Morgan fingerprint density at radius 1 is 0.867 bits per heavy atom. The van der Waals surface area contributed by atoms with Crippen LogP contribution in [0.15, 0.2) is 48.5 Å². The van der Waals surface area contributed by atoms with Crippen molar-refractivity contribution in [2.75, 3.05) is 19.7 Å². The van der Waals surface area contributed by atoms with Gasteiger partial charge in [-0.15, -0.1) is 0 Å². The number of halogens is 1. The first-order valence-corrected chi connectivity index (χ1v) is 10.5. The quantitative estimate of drug-likeness (QED) is 0.473. The number of nitrogens with one attached hydrogen (secondary N) is 2. The fraction of sp³-hybridized carbons (Fsp3) is 0.348. The molecule has 1 saturated carbocycles. The van der Waals surface area contributed by atoms with E-state index in [0.717, 1.165) is 25.7 Å². The molecular weight excluding hydrogens is 404 g/mol. The van der Waals surface area contributed by atoms with Crippen molar-refractivity contribution in [1.29, 1.82) is 0 Å². The summed E-state index contributed by atoms with van der Waals surface area (Å²) in [6.45, 7) is 0.624. The summed E-state index contributed by atoms with van der Waals surface area (Å²) in [7, 11) is 0. The molecule has 158 valence electrons. The molecule has 2 aromatic carbocycles. The lowest BCUT2D eigenvalue weighted by Gasteiger charge is -2.11. The molecule has 3 rings (SSSR count). The minimum absolute atomic E-state index is 0.0752. The minimum atomic E-state index is -0.272. The lowest BCUT2D eigenvalue weighted by Crippen LogP contribution is -2.38. The van der Waals surface area contributed by atoms with Gasteiger partial charge in [-0.1, -0.05) is 24.4 Å². The van der Waals surface area contributed by atoms with Crippen molar-refractivity contribution >= 4 is 29.2 Å². The molecule has 1 fully saturated rings. The van der Waals surface area contributed by atoms with E-state index in [4.69, 9.17) is 16.3 Å². The molecule has 0 saturated heterocycles. The monoisotopic (exact) mass is 428 g/mol. The van der Waals surface area contributed by atoms with Gasteiger partial charge in [0.1, 0.15) is 5.75 Å². The van der Waals surface area contributed by atoms with Gasteiger partial charge in [-0.05, 0) is 61.4 Å².